The highest BCUT2D eigenvalue weighted by Gasteiger charge is 2.36. The minimum absolute atomic E-state index is 0.0155. The van der Waals surface area contributed by atoms with Crippen molar-refractivity contribution in [1.82, 2.24) is 0 Å². The molecular weight excluding hydrogens is 424 g/mol. The lowest BCUT2D eigenvalue weighted by Crippen LogP contribution is -2.29. The van der Waals surface area contributed by atoms with Crippen LogP contribution in [0.3, 0.4) is 0 Å². The summed E-state index contributed by atoms with van der Waals surface area (Å²) in [5.74, 6) is 0. The van der Waals surface area contributed by atoms with Gasteiger partial charge in [-0.3, -0.25) is 19.2 Å². The molecule has 4 nitrogen and oxygen atoms in total. The van der Waals surface area contributed by atoms with Crippen LogP contribution in [-0.2, 0) is 25.7 Å². The quantitative estimate of drug-likeness (QED) is 0.263. The first-order chi connectivity index (χ1) is 16.3. The third-order valence-electron chi connectivity index (χ3n) is 8.93. The molecule has 0 amide bonds. The molecule has 34 heavy (non-hydrogen) atoms. The maximum absolute atomic E-state index is 14.0. The highest BCUT2D eigenvalue weighted by Crippen LogP contribution is 2.50. The van der Waals surface area contributed by atoms with E-state index in [4.69, 9.17) is 0 Å². The van der Waals surface area contributed by atoms with Gasteiger partial charge >= 0.3 is 0 Å². The Kier molecular flexibility index (Phi) is 3.64. The number of aryl methyl sites for hydroxylation is 2. The van der Waals surface area contributed by atoms with Crippen molar-refractivity contribution in [3.05, 3.63) is 85.4 Å². The zero-order valence-corrected chi connectivity index (χ0v) is 19.9. The van der Waals surface area contributed by atoms with E-state index in [-0.39, 0.29) is 21.7 Å². The summed E-state index contributed by atoms with van der Waals surface area (Å²) < 4.78 is 0. The topological polar surface area (TPSA) is 68.3 Å². The SMILES string of the molecule is Cc1c2c3c(c(=O)c(C)c4c-3c(c1=O)c1c3c4c(C)c(=O)c4c-3c(c(C)c1=O)CCC4)CCC2. The van der Waals surface area contributed by atoms with E-state index in [9.17, 15) is 19.2 Å². The normalized spacial score (nSPS) is 15.4. The summed E-state index contributed by atoms with van der Waals surface area (Å²) in [6.07, 6.45) is 4.53. The molecule has 1 aromatic rings. The van der Waals surface area contributed by atoms with Crippen molar-refractivity contribution in [3.8, 4) is 22.3 Å². The molecule has 0 saturated heterocycles. The number of fused-ring (bicyclic) bond motifs is 2. The van der Waals surface area contributed by atoms with Gasteiger partial charge in [0.1, 0.15) is 0 Å². The average Bonchev–Trinajstić information content (AvgIpc) is 2.85. The van der Waals surface area contributed by atoms with E-state index in [0.29, 0.717) is 56.6 Å². The average molecular weight is 449 g/mol. The van der Waals surface area contributed by atoms with Gasteiger partial charge in [-0.1, -0.05) is 0 Å². The standard InChI is InChI=1S/C30H24O4/c1-11-15-7-5-9-17-21(15)23-19(13(3)27(17)31)20-14(4)28(32)18-10-6-8-16-12(2)30(34)26(24(20)22(16)18)25(23)29(11)33/h5-10H2,1-4H3. The van der Waals surface area contributed by atoms with Crippen LogP contribution in [0.4, 0.5) is 0 Å². The van der Waals surface area contributed by atoms with E-state index < -0.39 is 0 Å². The van der Waals surface area contributed by atoms with Crippen molar-refractivity contribution in [2.45, 2.75) is 66.2 Å². The molecule has 0 spiro atoms. The van der Waals surface area contributed by atoms with Crippen LogP contribution in [0, 0.1) is 27.7 Å². The molecule has 0 aliphatic heterocycles. The van der Waals surface area contributed by atoms with Crippen molar-refractivity contribution < 1.29 is 0 Å². The molecule has 6 aliphatic carbocycles. The van der Waals surface area contributed by atoms with Gasteiger partial charge in [-0.05, 0) is 99.2 Å². The fourth-order valence-electron chi connectivity index (χ4n) is 7.34. The monoisotopic (exact) mass is 448 g/mol. The predicted molar refractivity (Wildman–Crippen MR) is 136 cm³/mol. The highest BCUT2D eigenvalue weighted by molar-refractivity contribution is 6.25. The summed E-state index contributed by atoms with van der Waals surface area (Å²) in [4.78, 5) is 55.2. The van der Waals surface area contributed by atoms with Gasteiger partial charge in [-0.25, -0.2) is 0 Å². The van der Waals surface area contributed by atoms with Gasteiger partial charge in [0.25, 0.3) is 0 Å². The Morgan fingerprint density at radius 2 is 0.735 bits per heavy atom. The highest BCUT2D eigenvalue weighted by atomic mass is 16.1. The fraction of sp³-hybridized carbons (Fsp3) is 0.333. The molecule has 6 aliphatic rings. The third-order valence-corrected chi connectivity index (χ3v) is 8.93. The second-order valence-corrected chi connectivity index (χ2v) is 10.4. The Morgan fingerprint density at radius 3 is 1.12 bits per heavy atom. The molecule has 0 bridgehead atoms. The van der Waals surface area contributed by atoms with E-state index in [2.05, 4.69) is 0 Å². The van der Waals surface area contributed by atoms with Crippen molar-refractivity contribution in [2.75, 3.05) is 0 Å². The van der Waals surface area contributed by atoms with Crippen LogP contribution in [0.1, 0.15) is 57.3 Å². The molecule has 0 aromatic heterocycles. The van der Waals surface area contributed by atoms with Gasteiger partial charge in [-0.2, -0.15) is 0 Å². The summed E-state index contributed by atoms with van der Waals surface area (Å²) in [6.45, 7) is 7.32. The van der Waals surface area contributed by atoms with Crippen LogP contribution in [0.2, 0.25) is 0 Å². The fourth-order valence-corrected chi connectivity index (χ4v) is 7.34. The number of rotatable bonds is 0. The molecule has 0 heterocycles. The molecular formula is C30H24O4. The molecule has 0 fully saturated rings. The van der Waals surface area contributed by atoms with Gasteiger partial charge in [0.15, 0.2) is 21.7 Å². The second-order valence-electron chi connectivity index (χ2n) is 10.4. The molecule has 0 radical (unpaired) electrons. The van der Waals surface area contributed by atoms with Crippen LogP contribution in [-0.4, -0.2) is 0 Å². The molecule has 0 N–H and O–H groups in total. The lowest BCUT2D eigenvalue weighted by Gasteiger charge is -2.31. The maximum Gasteiger partial charge on any atom is 0.190 e. The molecule has 0 unspecified atom stereocenters. The Hall–Kier alpha value is -3.40. The van der Waals surface area contributed by atoms with E-state index >= 15 is 0 Å². The van der Waals surface area contributed by atoms with Crippen molar-refractivity contribution in [2.24, 2.45) is 0 Å². The molecule has 4 heteroatoms. The summed E-state index contributed by atoms with van der Waals surface area (Å²) in [7, 11) is 0. The summed E-state index contributed by atoms with van der Waals surface area (Å²) in [5.41, 5.74) is 8.94. The predicted octanol–water partition coefficient (Wildman–Crippen LogP) is 4.17. The van der Waals surface area contributed by atoms with Gasteiger partial charge < -0.3 is 0 Å². The number of hydrogen-bond acceptors (Lipinski definition) is 4. The van der Waals surface area contributed by atoms with Crippen LogP contribution in [0.15, 0.2) is 19.2 Å². The Morgan fingerprint density at radius 1 is 0.382 bits per heavy atom. The molecule has 0 saturated carbocycles. The Labute approximate surface area is 195 Å². The zero-order chi connectivity index (χ0) is 23.8. The van der Waals surface area contributed by atoms with Crippen molar-refractivity contribution in [3.63, 3.8) is 0 Å². The molecule has 168 valence electrons. The largest absolute Gasteiger partial charge is 0.289 e. The Bertz CT molecular complexity index is 1770. The van der Waals surface area contributed by atoms with Crippen molar-refractivity contribution >= 4 is 21.5 Å². The van der Waals surface area contributed by atoms with Crippen LogP contribution < -0.4 is 21.7 Å². The van der Waals surface area contributed by atoms with Gasteiger partial charge in [0.2, 0.25) is 0 Å². The van der Waals surface area contributed by atoms with Gasteiger partial charge in [0.05, 0.1) is 0 Å². The van der Waals surface area contributed by atoms with Crippen LogP contribution in [0.5, 0.6) is 0 Å². The van der Waals surface area contributed by atoms with Gasteiger partial charge in [-0.15, -0.1) is 0 Å². The van der Waals surface area contributed by atoms with E-state index in [1.54, 1.807) is 0 Å². The summed E-state index contributed by atoms with van der Waals surface area (Å²) >= 11 is 0. The first-order valence-corrected chi connectivity index (χ1v) is 12.2. The lowest BCUT2D eigenvalue weighted by atomic mass is 9.70. The molecule has 7 rings (SSSR count). The Balaban J connectivity index is 1.99. The minimum atomic E-state index is -0.103. The van der Waals surface area contributed by atoms with E-state index in [1.165, 1.54) is 0 Å². The lowest BCUT2D eigenvalue weighted by molar-refractivity contribution is 0.783. The third kappa shape index (κ3) is 1.99. The first-order valence-electron chi connectivity index (χ1n) is 12.2. The van der Waals surface area contributed by atoms with Gasteiger partial charge in [0, 0.05) is 55.3 Å². The molecule has 0 atom stereocenters. The van der Waals surface area contributed by atoms with E-state index in [1.807, 2.05) is 27.7 Å². The summed E-state index contributed by atoms with van der Waals surface area (Å²) in [6, 6.07) is 0. The number of hydrogen-bond donors (Lipinski definition) is 0. The first kappa shape index (κ1) is 20.0. The van der Waals surface area contributed by atoms with Crippen LogP contribution in [0.25, 0.3) is 43.8 Å². The number of benzene rings is 5. The zero-order valence-electron chi connectivity index (χ0n) is 19.9. The minimum Gasteiger partial charge on any atom is -0.289 e. The second kappa shape index (κ2) is 6.18. The maximum atomic E-state index is 14.0. The summed E-state index contributed by atoms with van der Waals surface area (Å²) in [5, 5.41) is 2.35. The van der Waals surface area contributed by atoms with E-state index in [0.717, 1.165) is 70.2 Å². The smallest absolute Gasteiger partial charge is 0.190 e. The van der Waals surface area contributed by atoms with Crippen LogP contribution >= 0.6 is 0 Å². The molecule has 1 aromatic carbocycles. The van der Waals surface area contributed by atoms with Crippen molar-refractivity contribution in [1.29, 1.82) is 0 Å².